The van der Waals surface area contributed by atoms with E-state index < -0.39 is 0 Å². The molecule has 2 aromatic carbocycles. The van der Waals surface area contributed by atoms with Crippen LogP contribution in [0.2, 0.25) is 0 Å². The molecule has 1 amide bonds. The largest absolute Gasteiger partial charge is 0.360 e. The molecule has 30 heavy (non-hydrogen) atoms. The first-order chi connectivity index (χ1) is 14.7. The molecule has 2 heterocycles. The Balaban J connectivity index is 1.34. The molecule has 0 unspecified atom stereocenters. The van der Waals surface area contributed by atoms with Crippen LogP contribution in [-0.2, 0) is 11.3 Å². The molecule has 0 bridgehead atoms. The molecule has 2 aromatic heterocycles. The number of thioether (sulfide) groups is 1. The van der Waals surface area contributed by atoms with E-state index >= 15 is 0 Å². The number of benzene rings is 2. The summed E-state index contributed by atoms with van der Waals surface area (Å²) >= 11 is 1.47. The minimum absolute atomic E-state index is 0.0860. The number of fused-ring (bicyclic) bond motifs is 1. The van der Waals surface area contributed by atoms with Crippen molar-refractivity contribution < 1.29 is 4.79 Å². The Bertz CT molecular complexity index is 1180. The number of rotatable bonds is 7. The topological polar surface area (TPSA) is 66.8 Å². The Kier molecular flexibility index (Phi) is 5.04. The summed E-state index contributed by atoms with van der Waals surface area (Å²) in [5, 5.41) is 10.9. The second-order valence-electron chi connectivity index (χ2n) is 7.68. The molecule has 152 valence electrons. The fourth-order valence-electron chi connectivity index (χ4n) is 3.66. The SMILES string of the molecule is CN(Cc1ccccc1)C(=O)CSc1nnc(-c2c[nH]c3ccccc23)n1C1CC1. The predicted molar refractivity (Wildman–Crippen MR) is 119 cm³/mol. The van der Waals surface area contributed by atoms with Gasteiger partial charge in [0, 0.05) is 42.3 Å². The van der Waals surface area contributed by atoms with E-state index in [1.807, 2.05) is 55.7 Å². The smallest absolute Gasteiger partial charge is 0.233 e. The number of para-hydroxylation sites is 1. The van der Waals surface area contributed by atoms with E-state index in [9.17, 15) is 4.79 Å². The van der Waals surface area contributed by atoms with Crippen LogP contribution < -0.4 is 0 Å². The Morgan fingerprint density at radius 3 is 2.70 bits per heavy atom. The number of hydrogen-bond acceptors (Lipinski definition) is 4. The van der Waals surface area contributed by atoms with Gasteiger partial charge in [0.25, 0.3) is 0 Å². The van der Waals surface area contributed by atoms with E-state index in [0.717, 1.165) is 45.9 Å². The van der Waals surface area contributed by atoms with Crippen LogP contribution in [0.25, 0.3) is 22.3 Å². The zero-order chi connectivity index (χ0) is 20.5. The maximum absolute atomic E-state index is 12.7. The highest BCUT2D eigenvalue weighted by Gasteiger charge is 2.31. The van der Waals surface area contributed by atoms with Gasteiger partial charge in [-0.1, -0.05) is 60.3 Å². The molecule has 0 atom stereocenters. The van der Waals surface area contributed by atoms with Gasteiger partial charge in [0.2, 0.25) is 5.91 Å². The normalized spacial score (nSPS) is 13.6. The lowest BCUT2D eigenvalue weighted by atomic mass is 10.1. The van der Waals surface area contributed by atoms with Crippen LogP contribution in [0.1, 0.15) is 24.4 Å². The van der Waals surface area contributed by atoms with Crippen molar-refractivity contribution in [3.8, 4) is 11.4 Å². The van der Waals surface area contributed by atoms with Crippen molar-refractivity contribution in [1.82, 2.24) is 24.6 Å². The monoisotopic (exact) mass is 417 g/mol. The molecule has 0 radical (unpaired) electrons. The maximum Gasteiger partial charge on any atom is 0.233 e. The van der Waals surface area contributed by atoms with Gasteiger partial charge < -0.3 is 9.88 Å². The Hall–Kier alpha value is -3.06. The highest BCUT2D eigenvalue weighted by atomic mass is 32.2. The predicted octanol–water partition coefficient (Wildman–Crippen LogP) is 4.51. The van der Waals surface area contributed by atoms with Crippen molar-refractivity contribution in [2.75, 3.05) is 12.8 Å². The van der Waals surface area contributed by atoms with Crippen molar-refractivity contribution >= 4 is 28.6 Å². The van der Waals surface area contributed by atoms with Gasteiger partial charge in [0.1, 0.15) is 0 Å². The van der Waals surface area contributed by atoms with Gasteiger partial charge in [-0.05, 0) is 24.5 Å². The van der Waals surface area contributed by atoms with Crippen LogP contribution in [0.4, 0.5) is 0 Å². The van der Waals surface area contributed by atoms with E-state index in [1.54, 1.807) is 4.90 Å². The summed E-state index contributed by atoms with van der Waals surface area (Å²) < 4.78 is 2.21. The van der Waals surface area contributed by atoms with Crippen molar-refractivity contribution in [1.29, 1.82) is 0 Å². The molecule has 1 fully saturated rings. The van der Waals surface area contributed by atoms with Gasteiger partial charge in [-0.15, -0.1) is 10.2 Å². The van der Waals surface area contributed by atoms with E-state index in [2.05, 4.69) is 31.9 Å². The quantitative estimate of drug-likeness (QED) is 0.449. The average Bonchev–Trinajstić information content (AvgIpc) is 3.38. The number of hydrogen-bond donors (Lipinski definition) is 1. The summed E-state index contributed by atoms with van der Waals surface area (Å²) in [5.41, 5.74) is 3.27. The van der Waals surface area contributed by atoms with Crippen LogP contribution in [0.3, 0.4) is 0 Å². The second-order valence-corrected chi connectivity index (χ2v) is 8.62. The van der Waals surface area contributed by atoms with E-state index in [1.165, 1.54) is 11.8 Å². The molecular weight excluding hydrogens is 394 g/mol. The third kappa shape index (κ3) is 3.73. The molecular formula is C23H23N5OS. The molecule has 6 nitrogen and oxygen atoms in total. The van der Waals surface area contributed by atoms with Gasteiger partial charge in [-0.2, -0.15) is 0 Å². The van der Waals surface area contributed by atoms with Crippen molar-refractivity contribution in [2.24, 2.45) is 0 Å². The van der Waals surface area contributed by atoms with E-state index in [-0.39, 0.29) is 5.91 Å². The lowest BCUT2D eigenvalue weighted by Crippen LogP contribution is -2.27. The molecule has 1 aliphatic rings. The number of H-pyrrole nitrogens is 1. The molecule has 0 spiro atoms. The molecule has 7 heteroatoms. The van der Waals surface area contributed by atoms with Crippen molar-refractivity contribution in [2.45, 2.75) is 30.6 Å². The number of amides is 1. The third-order valence-electron chi connectivity index (χ3n) is 5.42. The van der Waals surface area contributed by atoms with Crippen molar-refractivity contribution in [3.05, 3.63) is 66.4 Å². The molecule has 4 aromatic rings. The number of carbonyl (C=O) groups is 1. The first kappa shape index (κ1) is 18.9. The zero-order valence-electron chi connectivity index (χ0n) is 16.8. The molecule has 1 aliphatic carbocycles. The second kappa shape index (κ2) is 7.99. The zero-order valence-corrected chi connectivity index (χ0v) is 17.6. The van der Waals surface area contributed by atoms with E-state index in [4.69, 9.17) is 0 Å². The van der Waals surface area contributed by atoms with Crippen LogP contribution in [0.15, 0.2) is 66.0 Å². The fraction of sp³-hybridized carbons (Fsp3) is 0.261. The highest BCUT2D eigenvalue weighted by Crippen LogP contribution is 2.42. The number of aromatic nitrogens is 4. The van der Waals surface area contributed by atoms with Gasteiger partial charge >= 0.3 is 0 Å². The summed E-state index contributed by atoms with van der Waals surface area (Å²) in [5.74, 6) is 1.31. The molecule has 0 saturated heterocycles. The summed E-state index contributed by atoms with van der Waals surface area (Å²) in [6.07, 6.45) is 4.26. The fourth-order valence-corrected chi connectivity index (χ4v) is 4.61. The molecule has 5 rings (SSSR count). The number of aromatic amines is 1. The van der Waals surface area contributed by atoms with Crippen LogP contribution in [0, 0.1) is 0 Å². The highest BCUT2D eigenvalue weighted by molar-refractivity contribution is 7.99. The summed E-state index contributed by atoms with van der Waals surface area (Å²) in [6.45, 7) is 0.607. The molecule has 0 aliphatic heterocycles. The van der Waals surface area contributed by atoms with Gasteiger partial charge in [-0.25, -0.2) is 0 Å². The Labute approximate surface area is 179 Å². The summed E-state index contributed by atoms with van der Waals surface area (Å²) in [7, 11) is 1.85. The summed E-state index contributed by atoms with van der Waals surface area (Å²) in [4.78, 5) is 17.8. The third-order valence-corrected chi connectivity index (χ3v) is 6.35. The van der Waals surface area contributed by atoms with Gasteiger partial charge in [-0.3, -0.25) is 9.36 Å². The Morgan fingerprint density at radius 2 is 1.90 bits per heavy atom. The first-order valence-electron chi connectivity index (χ1n) is 10.1. The van der Waals surface area contributed by atoms with Crippen LogP contribution in [0.5, 0.6) is 0 Å². The Morgan fingerprint density at radius 1 is 1.13 bits per heavy atom. The lowest BCUT2D eigenvalue weighted by molar-refractivity contribution is -0.127. The average molecular weight is 418 g/mol. The van der Waals surface area contributed by atoms with Crippen LogP contribution >= 0.6 is 11.8 Å². The number of carbonyl (C=O) groups excluding carboxylic acids is 1. The maximum atomic E-state index is 12.7. The minimum Gasteiger partial charge on any atom is -0.360 e. The van der Waals surface area contributed by atoms with E-state index in [0.29, 0.717) is 18.3 Å². The van der Waals surface area contributed by atoms with Gasteiger partial charge in [0.15, 0.2) is 11.0 Å². The first-order valence-corrected chi connectivity index (χ1v) is 11.1. The molecule has 1 saturated carbocycles. The van der Waals surface area contributed by atoms with Crippen LogP contribution in [-0.4, -0.2) is 43.4 Å². The minimum atomic E-state index is 0.0860. The molecule has 1 N–H and O–H groups in total. The lowest BCUT2D eigenvalue weighted by Gasteiger charge is -2.17. The standard InChI is InChI=1S/C23H23N5OS/c1-27(14-16-7-3-2-4-8-16)21(29)15-30-23-26-25-22(28(23)17-11-12-17)19-13-24-20-10-6-5-9-18(19)20/h2-10,13,17,24H,11-12,14-15H2,1H3. The number of nitrogens with zero attached hydrogens (tertiary/aromatic N) is 4. The number of nitrogens with one attached hydrogen (secondary N) is 1. The van der Waals surface area contributed by atoms with Crippen molar-refractivity contribution in [3.63, 3.8) is 0 Å². The summed E-state index contributed by atoms with van der Waals surface area (Å²) in [6, 6.07) is 18.7. The van der Waals surface area contributed by atoms with Gasteiger partial charge in [0.05, 0.1) is 5.75 Å².